The Bertz CT molecular complexity index is 978. The fourth-order valence-corrected chi connectivity index (χ4v) is 4.45. The highest BCUT2D eigenvalue weighted by Crippen LogP contribution is 2.36. The Hall–Kier alpha value is -1.86. The third-order valence-corrected chi connectivity index (χ3v) is 5.48. The average molecular weight is 409 g/mol. The SMILES string of the molecule is Cc1c(C(N)=O)nn(-c2ccc(Cl)cc2Cl)c1-c1ccc(CN(C)C)s1. The number of amides is 1. The van der Waals surface area contributed by atoms with Crippen molar-refractivity contribution in [1.29, 1.82) is 0 Å². The Morgan fingerprint density at radius 2 is 2.00 bits per heavy atom. The van der Waals surface area contributed by atoms with Crippen LogP contribution in [0.25, 0.3) is 16.3 Å². The maximum absolute atomic E-state index is 11.8. The number of aromatic nitrogens is 2. The number of hydrogen-bond donors (Lipinski definition) is 1. The van der Waals surface area contributed by atoms with Crippen molar-refractivity contribution in [3.63, 3.8) is 0 Å². The highest BCUT2D eigenvalue weighted by atomic mass is 35.5. The van der Waals surface area contributed by atoms with E-state index in [-0.39, 0.29) is 5.69 Å². The van der Waals surface area contributed by atoms with E-state index in [9.17, 15) is 4.79 Å². The first-order valence-corrected chi connectivity index (χ1v) is 9.44. The van der Waals surface area contributed by atoms with Crippen molar-refractivity contribution in [3.05, 3.63) is 56.5 Å². The molecule has 0 aliphatic rings. The second-order valence-corrected chi connectivity index (χ2v) is 8.21. The van der Waals surface area contributed by atoms with Gasteiger partial charge < -0.3 is 10.6 Å². The van der Waals surface area contributed by atoms with Crippen molar-refractivity contribution in [2.24, 2.45) is 5.73 Å². The number of nitrogens with two attached hydrogens (primary N) is 1. The monoisotopic (exact) mass is 408 g/mol. The van der Waals surface area contributed by atoms with Crippen LogP contribution in [-0.4, -0.2) is 34.7 Å². The van der Waals surface area contributed by atoms with Crippen LogP contribution in [0.5, 0.6) is 0 Å². The van der Waals surface area contributed by atoms with Crippen LogP contribution in [0.4, 0.5) is 0 Å². The molecule has 0 fully saturated rings. The number of rotatable bonds is 5. The zero-order valence-electron chi connectivity index (χ0n) is 14.6. The van der Waals surface area contributed by atoms with Gasteiger partial charge >= 0.3 is 0 Å². The van der Waals surface area contributed by atoms with E-state index in [0.29, 0.717) is 15.7 Å². The normalized spacial score (nSPS) is 11.3. The molecule has 0 saturated carbocycles. The fourth-order valence-electron chi connectivity index (χ4n) is 2.75. The average Bonchev–Trinajstić information content (AvgIpc) is 3.11. The Morgan fingerprint density at radius 3 is 2.62 bits per heavy atom. The molecule has 1 amide bonds. The summed E-state index contributed by atoms with van der Waals surface area (Å²) in [6.07, 6.45) is 0. The molecule has 0 unspecified atom stereocenters. The Kier molecular flexibility index (Phi) is 5.39. The van der Waals surface area contributed by atoms with E-state index in [1.807, 2.05) is 27.1 Å². The maximum Gasteiger partial charge on any atom is 0.269 e. The van der Waals surface area contributed by atoms with Gasteiger partial charge in [-0.25, -0.2) is 4.68 Å². The van der Waals surface area contributed by atoms with Crippen LogP contribution in [0.1, 0.15) is 20.9 Å². The summed E-state index contributed by atoms with van der Waals surface area (Å²) in [5.41, 5.74) is 7.91. The van der Waals surface area contributed by atoms with E-state index in [0.717, 1.165) is 22.7 Å². The number of benzene rings is 1. The van der Waals surface area contributed by atoms with Gasteiger partial charge in [0.1, 0.15) is 0 Å². The minimum Gasteiger partial charge on any atom is -0.364 e. The zero-order chi connectivity index (χ0) is 19.0. The van der Waals surface area contributed by atoms with E-state index in [4.69, 9.17) is 28.9 Å². The molecule has 5 nitrogen and oxygen atoms in total. The summed E-state index contributed by atoms with van der Waals surface area (Å²) in [5.74, 6) is -0.572. The standard InChI is InChI=1S/C18H18Cl2N4OS/c1-10-16(18(21)25)22-24(14-6-4-11(19)8-13(14)20)17(10)15-7-5-12(26-15)9-23(2)3/h4-8H,9H2,1-3H3,(H2,21,25). The first-order valence-electron chi connectivity index (χ1n) is 7.86. The quantitative estimate of drug-likeness (QED) is 0.681. The van der Waals surface area contributed by atoms with E-state index in [1.165, 1.54) is 4.88 Å². The van der Waals surface area contributed by atoms with Gasteiger partial charge in [0.25, 0.3) is 5.91 Å². The molecule has 0 spiro atoms. The lowest BCUT2D eigenvalue weighted by Crippen LogP contribution is -2.13. The van der Waals surface area contributed by atoms with Gasteiger partial charge in [0.2, 0.25) is 0 Å². The predicted octanol–water partition coefficient (Wildman–Crippen LogP) is 4.38. The molecule has 1 aromatic carbocycles. The number of thiophene rings is 1. The topological polar surface area (TPSA) is 64.2 Å². The third kappa shape index (κ3) is 3.64. The molecule has 0 aliphatic heterocycles. The van der Waals surface area contributed by atoms with E-state index >= 15 is 0 Å². The van der Waals surface area contributed by atoms with E-state index in [2.05, 4.69) is 16.1 Å². The van der Waals surface area contributed by atoms with Crippen LogP contribution in [0.2, 0.25) is 10.0 Å². The van der Waals surface area contributed by atoms with Gasteiger partial charge in [-0.05, 0) is 51.4 Å². The Labute approximate surface area is 165 Å². The van der Waals surface area contributed by atoms with Gasteiger partial charge in [0.15, 0.2) is 5.69 Å². The number of carbonyl (C=O) groups is 1. The summed E-state index contributed by atoms with van der Waals surface area (Å²) in [6, 6.07) is 9.26. The first-order chi connectivity index (χ1) is 12.3. The van der Waals surface area contributed by atoms with Crippen molar-refractivity contribution in [1.82, 2.24) is 14.7 Å². The summed E-state index contributed by atoms with van der Waals surface area (Å²) in [5, 5.41) is 5.41. The lowest BCUT2D eigenvalue weighted by molar-refractivity contribution is 0.0994. The van der Waals surface area contributed by atoms with Crippen molar-refractivity contribution < 1.29 is 4.79 Å². The Balaban J connectivity index is 2.20. The molecule has 0 radical (unpaired) electrons. The lowest BCUT2D eigenvalue weighted by Gasteiger charge is -2.09. The summed E-state index contributed by atoms with van der Waals surface area (Å²) < 4.78 is 1.67. The van der Waals surface area contributed by atoms with E-state index < -0.39 is 5.91 Å². The third-order valence-electron chi connectivity index (χ3n) is 3.86. The minimum atomic E-state index is -0.572. The molecule has 0 bridgehead atoms. The fraction of sp³-hybridized carbons (Fsp3) is 0.222. The lowest BCUT2D eigenvalue weighted by atomic mass is 10.1. The number of nitrogens with zero attached hydrogens (tertiary/aromatic N) is 3. The Morgan fingerprint density at radius 1 is 1.27 bits per heavy atom. The molecule has 0 saturated heterocycles. The van der Waals surface area contributed by atoms with Gasteiger partial charge in [-0.3, -0.25) is 4.79 Å². The summed E-state index contributed by atoms with van der Waals surface area (Å²) >= 11 is 14.0. The number of primary amides is 1. The number of hydrogen-bond acceptors (Lipinski definition) is 4. The molecule has 26 heavy (non-hydrogen) atoms. The molecular formula is C18H18Cl2N4OS. The smallest absolute Gasteiger partial charge is 0.269 e. The highest BCUT2D eigenvalue weighted by Gasteiger charge is 2.22. The molecule has 0 aliphatic carbocycles. The van der Waals surface area contributed by atoms with Crippen LogP contribution in [0.3, 0.4) is 0 Å². The van der Waals surface area contributed by atoms with Crippen LogP contribution in [-0.2, 0) is 6.54 Å². The summed E-state index contributed by atoms with van der Waals surface area (Å²) in [6.45, 7) is 2.68. The zero-order valence-corrected chi connectivity index (χ0v) is 16.9. The maximum atomic E-state index is 11.8. The molecule has 0 atom stereocenters. The van der Waals surface area contributed by atoms with Gasteiger partial charge in [0.05, 0.1) is 21.3 Å². The highest BCUT2D eigenvalue weighted by molar-refractivity contribution is 7.15. The molecule has 2 aromatic heterocycles. The molecule has 3 rings (SSSR count). The molecular weight excluding hydrogens is 391 g/mol. The second kappa shape index (κ2) is 7.40. The van der Waals surface area contributed by atoms with Crippen LogP contribution in [0, 0.1) is 6.92 Å². The summed E-state index contributed by atoms with van der Waals surface area (Å²) in [4.78, 5) is 16.1. The van der Waals surface area contributed by atoms with Gasteiger partial charge in [0, 0.05) is 22.0 Å². The molecule has 3 aromatic rings. The van der Waals surface area contributed by atoms with Crippen LogP contribution < -0.4 is 5.73 Å². The molecule has 2 heterocycles. The largest absolute Gasteiger partial charge is 0.364 e. The number of halogens is 2. The molecule has 136 valence electrons. The van der Waals surface area contributed by atoms with Gasteiger partial charge in [-0.15, -0.1) is 11.3 Å². The van der Waals surface area contributed by atoms with Crippen molar-refractivity contribution in [2.75, 3.05) is 14.1 Å². The predicted molar refractivity (Wildman–Crippen MR) is 108 cm³/mol. The summed E-state index contributed by atoms with van der Waals surface area (Å²) in [7, 11) is 4.04. The molecule has 8 heteroatoms. The van der Waals surface area contributed by atoms with E-state index in [1.54, 1.807) is 34.2 Å². The molecule has 2 N–H and O–H groups in total. The van der Waals surface area contributed by atoms with Crippen molar-refractivity contribution in [3.8, 4) is 16.3 Å². The first kappa shape index (κ1) is 18.9. The van der Waals surface area contributed by atoms with Gasteiger partial charge in [-0.2, -0.15) is 5.10 Å². The van der Waals surface area contributed by atoms with Crippen molar-refractivity contribution >= 4 is 40.4 Å². The van der Waals surface area contributed by atoms with Crippen LogP contribution in [0.15, 0.2) is 30.3 Å². The van der Waals surface area contributed by atoms with Gasteiger partial charge in [-0.1, -0.05) is 23.2 Å². The minimum absolute atomic E-state index is 0.230. The second-order valence-electron chi connectivity index (χ2n) is 6.20. The van der Waals surface area contributed by atoms with Crippen molar-refractivity contribution in [2.45, 2.75) is 13.5 Å². The van der Waals surface area contributed by atoms with Crippen LogP contribution >= 0.6 is 34.5 Å². The number of carbonyl (C=O) groups excluding carboxylic acids is 1.